The van der Waals surface area contributed by atoms with Crippen molar-refractivity contribution >= 4 is 22.1 Å². The van der Waals surface area contributed by atoms with Crippen molar-refractivity contribution in [3.05, 3.63) is 22.5 Å². The standard InChI is InChI=1S/C9H6N2O4/c12-4-1-3-6(2-5(4)13)15-9-7(3)8(14)10-11-9/h1-2,12-13H,(H2,10,11,14). The highest BCUT2D eigenvalue weighted by Gasteiger charge is 2.14. The summed E-state index contributed by atoms with van der Waals surface area (Å²) < 4.78 is 5.25. The summed E-state index contributed by atoms with van der Waals surface area (Å²) in [5.74, 6) is -0.568. The van der Waals surface area contributed by atoms with Crippen LogP contribution in [0.3, 0.4) is 0 Å². The molecule has 0 aliphatic carbocycles. The molecule has 2 aromatic heterocycles. The smallest absolute Gasteiger partial charge is 0.275 e. The number of furan rings is 1. The van der Waals surface area contributed by atoms with Gasteiger partial charge in [0, 0.05) is 11.5 Å². The van der Waals surface area contributed by atoms with Crippen molar-refractivity contribution in [1.29, 1.82) is 0 Å². The van der Waals surface area contributed by atoms with E-state index >= 15 is 0 Å². The maximum atomic E-state index is 11.4. The summed E-state index contributed by atoms with van der Waals surface area (Å²) >= 11 is 0. The highest BCUT2D eigenvalue weighted by molar-refractivity contribution is 6.04. The predicted octanol–water partition coefficient (Wildman–Crippen LogP) is 1.01. The number of phenolic OH excluding ortho intramolecular Hbond substituents is 2. The molecular weight excluding hydrogens is 200 g/mol. The summed E-state index contributed by atoms with van der Waals surface area (Å²) in [4.78, 5) is 11.4. The van der Waals surface area contributed by atoms with Crippen LogP contribution in [0.15, 0.2) is 21.3 Å². The Balaban J connectivity index is 2.63. The van der Waals surface area contributed by atoms with Crippen LogP contribution >= 0.6 is 0 Å². The molecule has 3 aromatic rings. The Labute approximate surface area is 81.7 Å². The molecule has 0 amide bonds. The Morgan fingerprint density at radius 2 is 1.87 bits per heavy atom. The molecule has 3 rings (SSSR count). The van der Waals surface area contributed by atoms with Crippen LogP contribution in [-0.4, -0.2) is 20.4 Å². The van der Waals surface area contributed by atoms with E-state index in [0.717, 1.165) is 0 Å². The average Bonchev–Trinajstić information content (AvgIpc) is 2.69. The summed E-state index contributed by atoms with van der Waals surface area (Å²) in [7, 11) is 0. The summed E-state index contributed by atoms with van der Waals surface area (Å²) in [6.07, 6.45) is 0. The Bertz CT molecular complexity index is 719. The molecule has 6 heteroatoms. The minimum Gasteiger partial charge on any atom is -0.504 e. The third-order valence-electron chi connectivity index (χ3n) is 2.30. The molecule has 0 radical (unpaired) electrons. The SMILES string of the molecule is O=c1[nH][nH]c2oc3cc(O)c(O)cc3c12. The number of hydrogen-bond donors (Lipinski definition) is 4. The van der Waals surface area contributed by atoms with E-state index in [1.54, 1.807) is 0 Å². The van der Waals surface area contributed by atoms with E-state index in [0.29, 0.717) is 22.1 Å². The molecule has 0 atom stereocenters. The molecule has 0 unspecified atom stereocenters. The molecule has 0 bridgehead atoms. The molecular formula is C9H6N2O4. The summed E-state index contributed by atoms with van der Waals surface area (Å²) in [6.45, 7) is 0. The largest absolute Gasteiger partial charge is 0.504 e. The number of hydrogen-bond acceptors (Lipinski definition) is 4. The molecule has 15 heavy (non-hydrogen) atoms. The van der Waals surface area contributed by atoms with Gasteiger partial charge in [0.15, 0.2) is 11.5 Å². The minimum atomic E-state index is -0.325. The Kier molecular flexibility index (Phi) is 1.25. The Morgan fingerprint density at radius 3 is 2.67 bits per heavy atom. The second-order valence-corrected chi connectivity index (χ2v) is 3.22. The highest BCUT2D eigenvalue weighted by Crippen LogP contribution is 2.34. The second-order valence-electron chi connectivity index (χ2n) is 3.22. The van der Waals surface area contributed by atoms with Gasteiger partial charge >= 0.3 is 0 Å². The zero-order chi connectivity index (χ0) is 10.6. The van der Waals surface area contributed by atoms with Crippen LogP contribution < -0.4 is 5.56 Å². The predicted molar refractivity (Wildman–Crippen MR) is 52.0 cm³/mol. The number of aromatic nitrogens is 2. The van der Waals surface area contributed by atoms with Crippen LogP contribution in [-0.2, 0) is 0 Å². The molecule has 4 N–H and O–H groups in total. The maximum absolute atomic E-state index is 11.4. The van der Waals surface area contributed by atoms with Crippen molar-refractivity contribution in [2.24, 2.45) is 0 Å². The van der Waals surface area contributed by atoms with Gasteiger partial charge in [-0.25, -0.2) is 0 Å². The first-order chi connectivity index (χ1) is 7.16. The van der Waals surface area contributed by atoms with E-state index in [1.807, 2.05) is 0 Å². The molecule has 0 aliphatic heterocycles. The zero-order valence-corrected chi connectivity index (χ0v) is 7.37. The van der Waals surface area contributed by atoms with Crippen LogP contribution in [0.25, 0.3) is 22.1 Å². The average molecular weight is 206 g/mol. The third-order valence-corrected chi connectivity index (χ3v) is 2.30. The number of aromatic amines is 2. The van der Waals surface area contributed by atoms with Gasteiger partial charge in [-0.05, 0) is 6.07 Å². The quantitative estimate of drug-likeness (QED) is 0.412. The lowest BCUT2D eigenvalue weighted by Crippen LogP contribution is -1.97. The van der Waals surface area contributed by atoms with E-state index in [1.165, 1.54) is 12.1 Å². The van der Waals surface area contributed by atoms with Gasteiger partial charge in [-0.3, -0.25) is 15.0 Å². The third kappa shape index (κ3) is 0.899. The second kappa shape index (κ2) is 2.35. The molecule has 0 saturated heterocycles. The summed E-state index contributed by atoms with van der Waals surface area (Å²) in [5, 5.41) is 24.3. The summed E-state index contributed by atoms with van der Waals surface area (Å²) in [5.41, 5.74) is 0.312. The van der Waals surface area contributed by atoms with E-state index in [2.05, 4.69) is 10.2 Å². The Hall–Kier alpha value is -2.37. The maximum Gasteiger partial charge on any atom is 0.275 e. The number of fused-ring (bicyclic) bond motifs is 3. The fourth-order valence-corrected chi connectivity index (χ4v) is 1.61. The van der Waals surface area contributed by atoms with Crippen molar-refractivity contribution in [2.45, 2.75) is 0 Å². The van der Waals surface area contributed by atoms with E-state index in [4.69, 9.17) is 4.42 Å². The first kappa shape index (κ1) is 7.98. The highest BCUT2D eigenvalue weighted by atomic mass is 16.3. The molecule has 0 fully saturated rings. The normalized spacial score (nSPS) is 11.5. The lowest BCUT2D eigenvalue weighted by Gasteiger charge is -1.95. The van der Waals surface area contributed by atoms with Crippen LogP contribution in [0.2, 0.25) is 0 Å². The molecule has 6 nitrogen and oxygen atoms in total. The lowest BCUT2D eigenvalue weighted by molar-refractivity contribution is 0.404. The van der Waals surface area contributed by atoms with Crippen molar-refractivity contribution in [3.8, 4) is 11.5 Å². The molecule has 0 saturated carbocycles. The van der Waals surface area contributed by atoms with Crippen LogP contribution in [0.5, 0.6) is 11.5 Å². The lowest BCUT2D eigenvalue weighted by atomic mass is 10.2. The number of rotatable bonds is 0. The van der Waals surface area contributed by atoms with Gasteiger partial charge in [0.1, 0.15) is 11.0 Å². The van der Waals surface area contributed by atoms with Crippen LogP contribution in [0.1, 0.15) is 0 Å². The number of nitrogens with one attached hydrogen (secondary N) is 2. The number of H-pyrrole nitrogens is 2. The first-order valence-electron chi connectivity index (χ1n) is 4.21. The van der Waals surface area contributed by atoms with Crippen molar-refractivity contribution in [2.75, 3.05) is 0 Å². The molecule has 0 aliphatic rings. The first-order valence-corrected chi connectivity index (χ1v) is 4.21. The molecule has 2 heterocycles. The van der Waals surface area contributed by atoms with Gasteiger partial charge in [0.25, 0.3) is 5.56 Å². The fourth-order valence-electron chi connectivity index (χ4n) is 1.61. The molecule has 0 spiro atoms. The van der Waals surface area contributed by atoms with Gasteiger partial charge in [0.2, 0.25) is 5.71 Å². The number of phenols is 2. The van der Waals surface area contributed by atoms with Crippen molar-refractivity contribution in [3.63, 3.8) is 0 Å². The van der Waals surface area contributed by atoms with E-state index < -0.39 is 0 Å². The van der Waals surface area contributed by atoms with Crippen LogP contribution in [0.4, 0.5) is 0 Å². The molecule has 1 aromatic carbocycles. The monoisotopic (exact) mass is 206 g/mol. The zero-order valence-electron chi connectivity index (χ0n) is 7.37. The minimum absolute atomic E-state index is 0.282. The van der Waals surface area contributed by atoms with Crippen molar-refractivity contribution in [1.82, 2.24) is 10.2 Å². The topological polar surface area (TPSA) is 102 Å². The van der Waals surface area contributed by atoms with Crippen LogP contribution in [0, 0.1) is 0 Å². The Morgan fingerprint density at radius 1 is 1.13 bits per heavy atom. The van der Waals surface area contributed by atoms with E-state index in [9.17, 15) is 15.0 Å². The van der Waals surface area contributed by atoms with Crippen molar-refractivity contribution < 1.29 is 14.6 Å². The summed E-state index contributed by atoms with van der Waals surface area (Å²) in [6, 6.07) is 2.55. The fraction of sp³-hybridized carbons (Fsp3) is 0. The van der Waals surface area contributed by atoms with Gasteiger partial charge in [-0.2, -0.15) is 0 Å². The molecule has 76 valence electrons. The van der Waals surface area contributed by atoms with Gasteiger partial charge in [-0.15, -0.1) is 0 Å². The van der Waals surface area contributed by atoms with Gasteiger partial charge in [0.05, 0.1) is 0 Å². The number of benzene rings is 1. The van der Waals surface area contributed by atoms with E-state index in [-0.39, 0.29) is 17.1 Å². The van der Waals surface area contributed by atoms with Gasteiger partial charge < -0.3 is 14.6 Å². The van der Waals surface area contributed by atoms with Gasteiger partial charge in [-0.1, -0.05) is 0 Å². The number of aromatic hydroxyl groups is 2.